The molecule has 0 unspecified atom stereocenters. The molecular weight excluding hydrogens is 513 g/mol. The maximum atomic E-state index is 14.5. The van der Waals surface area contributed by atoms with Crippen LogP contribution in [0.3, 0.4) is 0 Å². The van der Waals surface area contributed by atoms with Gasteiger partial charge in [0.05, 0.1) is 5.60 Å². The number of rotatable bonds is 7. The van der Waals surface area contributed by atoms with Gasteiger partial charge in [0.1, 0.15) is 12.4 Å². The highest BCUT2D eigenvalue weighted by Crippen LogP contribution is 2.52. The second kappa shape index (κ2) is 10.8. The Morgan fingerprint density at radius 1 is 1.08 bits per heavy atom. The molecule has 0 aliphatic carbocycles. The Balaban J connectivity index is 1.62. The van der Waals surface area contributed by atoms with Crippen molar-refractivity contribution < 1.29 is 37.3 Å². The molecule has 4 rings (SSSR count). The van der Waals surface area contributed by atoms with E-state index in [-0.39, 0.29) is 43.5 Å². The number of benzene rings is 2. The molecule has 1 spiro atoms. The van der Waals surface area contributed by atoms with Gasteiger partial charge in [-0.1, -0.05) is 48.5 Å². The molecule has 0 radical (unpaired) electrons. The predicted molar refractivity (Wildman–Crippen MR) is 138 cm³/mol. The third kappa shape index (κ3) is 5.63. The molecule has 2 saturated heterocycles. The first-order chi connectivity index (χ1) is 18.3. The summed E-state index contributed by atoms with van der Waals surface area (Å²) in [7, 11) is 0.899. The minimum atomic E-state index is -4.99. The van der Waals surface area contributed by atoms with Crippen molar-refractivity contribution in [3.8, 4) is 5.75 Å². The number of likely N-dealkylation sites (tertiary alicyclic amines) is 1. The molecular formula is C29H35F3N2O5. The van der Waals surface area contributed by atoms with Crippen LogP contribution >= 0.6 is 0 Å². The predicted octanol–water partition coefficient (Wildman–Crippen LogP) is 4.15. The molecule has 2 fully saturated rings. The average molecular weight is 549 g/mol. The van der Waals surface area contributed by atoms with Crippen molar-refractivity contribution in [3.05, 3.63) is 65.7 Å². The number of nitrogens with zero attached hydrogens (tertiary/aromatic N) is 1. The molecule has 2 aliphatic rings. The first kappa shape index (κ1) is 28.9. The molecule has 2 atom stereocenters. The summed E-state index contributed by atoms with van der Waals surface area (Å²) in [4.78, 5) is 27.3. The van der Waals surface area contributed by atoms with E-state index in [1.165, 1.54) is 29.2 Å². The number of carbonyl (C=O) groups excluding carboxylic acids is 2. The molecule has 7 nitrogen and oxygen atoms in total. The normalized spacial score (nSPS) is 21.3. The zero-order valence-corrected chi connectivity index (χ0v) is 22.4. The third-order valence-electron chi connectivity index (χ3n) is 7.86. The van der Waals surface area contributed by atoms with Gasteiger partial charge < -0.3 is 24.8 Å². The Bertz CT molecular complexity index is 1170. The SMILES string of the molecule is CO[C@@](C(=O)N1CCC2(CC1)CC(=O)NC[C@@H]2c1ccccc1OCC(C)(C)O)(c1ccccc1)C(F)(F)F. The number of nitrogens with one attached hydrogen (secondary N) is 1. The summed E-state index contributed by atoms with van der Waals surface area (Å²) in [6, 6.07) is 14.3. The van der Waals surface area contributed by atoms with Crippen molar-refractivity contribution in [2.24, 2.45) is 5.41 Å². The minimum Gasteiger partial charge on any atom is -0.490 e. The van der Waals surface area contributed by atoms with Crippen molar-refractivity contribution >= 4 is 11.8 Å². The van der Waals surface area contributed by atoms with Gasteiger partial charge in [-0.2, -0.15) is 13.2 Å². The van der Waals surface area contributed by atoms with E-state index in [4.69, 9.17) is 9.47 Å². The van der Waals surface area contributed by atoms with Crippen molar-refractivity contribution in [2.45, 2.75) is 56.4 Å². The van der Waals surface area contributed by atoms with Crippen molar-refractivity contribution in [1.82, 2.24) is 10.2 Å². The molecule has 2 aromatic carbocycles. The quantitative estimate of drug-likeness (QED) is 0.543. The van der Waals surface area contributed by atoms with Crippen LogP contribution in [0.25, 0.3) is 0 Å². The Kier molecular flexibility index (Phi) is 8.01. The summed E-state index contributed by atoms with van der Waals surface area (Å²) in [5.41, 5.74) is -4.18. The molecule has 2 heterocycles. The van der Waals surface area contributed by atoms with Gasteiger partial charge in [-0.25, -0.2) is 0 Å². The summed E-state index contributed by atoms with van der Waals surface area (Å²) in [6.07, 6.45) is -4.13. The number of methoxy groups -OCH3 is 1. The van der Waals surface area contributed by atoms with Crippen molar-refractivity contribution in [3.63, 3.8) is 0 Å². The lowest BCUT2D eigenvalue weighted by molar-refractivity contribution is -0.271. The Morgan fingerprint density at radius 2 is 1.69 bits per heavy atom. The van der Waals surface area contributed by atoms with Gasteiger partial charge >= 0.3 is 6.18 Å². The third-order valence-corrected chi connectivity index (χ3v) is 7.86. The highest BCUT2D eigenvalue weighted by atomic mass is 19.4. The highest BCUT2D eigenvalue weighted by molar-refractivity contribution is 5.88. The van der Waals surface area contributed by atoms with Gasteiger partial charge in [0.15, 0.2) is 0 Å². The van der Waals surface area contributed by atoms with E-state index in [1.54, 1.807) is 26.0 Å². The van der Waals surface area contributed by atoms with E-state index < -0.39 is 28.7 Å². The zero-order chi connectivity index (χ0) is 28.5. The molecule has 0 aromatic heterocycles. The summed E-state index contributed by atoms with van der Waals surface area (Å²) in [5.74, 6) is -0.899. The number of ether oxygens (including phenoxy) is 2. The summed E-state index contributed by atoms with van der Waals surface area (Å²) >= 11 is 0. The van der Waals surface area contributed by atoms with E-state index in [0.29, 0.717) is 25.1 Å². The van der Waals surface area contributed by atoms with E-state index in [9.17, 15) is 27.9 Å². The molecule has 2 amide bonds. The summed E-state index contributed by atoms with van der Waals surface area (Å²) in [5, 5.41) is 13.1. The topological polar surface area (TPSA) is 88.1 Å². The molecule has 0 bridgehead atoms. The number of carbonyl (C=O) groups is 2. The molecule has 39 heavy (non-hydrogen) atoms. The average Bonchev–Trinajstić information content (AvgIpc) is 2.88. The lowest BCUT2D eigenvalue weighted by Gasteiger charge is -2.50. The largest absolute Gasteiger partial charge is 0.490 e. The zero-order valence-electron chi connectivity index (χ0n) is 22.4. The van der Waals surface area contributed by atoms with Gasteiger partial charge in [0.2, 0.25) is 5.91 Å². The Morgan fingerprint density at radius 3 is 2.28 bits per heavy atom. The lowest BCUT2D eigenvalue weighted by Crippen LogP contribution is -2.60. The molecule has 212 valence electrons. The number of hydrogen-bond donors (Lipinski definition) is 2. The second-order valence-electron chi connectivity index (χ2n) is 11.1. The number of piperidine rings is 2. The maximum absolute atomic E-state index is 14.5. The smallest absolute Gasteiger partial charge is 0.430 e. The fraction of sp³-hybridized carbons (Fsp3) is 0.517. The van der Waals surface area contributed by atoms with Crippen molar-refractivity contribution in [1.29, 1.82) is 0 Å². The van der Waals surface area contributed by atoms with Crippen LogP contribution in [-0.4, -0.2) is 66.9 Å². The standard InChI is InChI=1S/C29H35F3N2O5/c1-26(2,37)19-39-23-12-8-7-11-21(23)22-18-33-24(35)17-27(22)13-15-34(16-14-27)25(36)28(38-3,29(30,31)32)20-9-5-4-6-10-20/h4-12,22,37H,13-19H2,1-3H3,(H,33,35)/t22-,28-/m1/s1. The van der Waals surface area contributed by atoms with Gasteiger partial charge in [0, 0.05) is 44.6 Å². The number of alkyl halides is 3. The maximum Gasteiger partial charge on any atom is 0.430 e. The van der Waals surface area contributed by atoms with E-state index in [0.717, 1.165) is 12.7 Å². The molecule has 10 heteroatoms. The fourth-order valence-corrected chi connectivity index (χ4v) is 5.84. The molecule has 2 N–H and O–H groups in total. The Labute approximate surface area is 226 Å². The molecule has 2 aromatic rings. The first-order valence-electron chi connectivity index (χ1n) is 13.0. The van der Waals surface area contributed by atoms with Crippen LogP contribution in [0.2, 0.25) is 0 Å². The van der Waals surface area contributed by atoms with Crippen molar-refractivity contribution in [2.75, 3.05) is 33.4 Å². The van der Waals surface area contributed by atoms with E-state index in [1.807, 2.05) is 18.2 Å². The number of hydrogen-bond acceptors (Lipinski definition) is 5. The monoisotopic (exact) mass is 548 g/mol. The van der Waals surface area contributed by atoms with Crippen LogP contribution in [0.1, 0.15) is 50.2 Å². The van der Waals surface area contributed by atoms with Crippen LogP contribution in [0.4, 0.5) is 13.2 Å². The number of aliphatic hydroxyl groups is 1. The lowest BCUT2D eigenvalue weighted by atomic mass is 9.62. The van der Waals surface area contributed by atoms with Gasteiger partial charge in [-0.15, -0.1) is 0 Å². The van der Waals surface area contributed by atoms with Gasteiger partial charge in [-0.3, -0.25) is 9.59 Å². The number of halogens is 3. The van der Waals surface area contributed by atoms with Crippen LogP contribution in [0.15, 0.2) is 54.6 Å². The molecule has 0 saturated carbocycles. The van der Waals surface area contributed by atoms with Crippen LogP contribution in [0, 0.1) is 5.41 Å². The minimum absolute atomic E-state index is 0.0450. The number of amides is 2. The van der Waals surface area contributed by atoms with E-state index in [2.05, 4.69) is 5.32 Å². The Hall–Kier alpha value is -3.11. The summed E-state index contributed by atoms with van der Waals surface area (Å²) < 4.78 is 54.4. The number of para-hydroxylation sites is 1. The van der Waals surface area contributed by atoms with E-state index >= 15 is 0 Å². The molecule has 2 aliphatic heterocycles. The van der Waals surface area contributed by atoms with Gasteiger partial charge in [-0.05, 0) is 43.7 Å². The second-order valence-corrected chi connectivity index (χ2v) is 11.1. The summed E-state index contributed by atoms with van der Waals surface area (Å²) in [6.45, 7) is 3.77. The van der Waals surface area contributed by atoms with Crippen LogP contribution < -0.4 is 10.1 Å². The fourth-order valence-electron chi connectivity index (χ4n) is 5.84. The van der Waals surface area contributed by atoms with Crippen LogP contribution in [-0.2, 0) is 19.9 Å². The van der Waals surface area contributed by atoms with Crippen LogP contribution in [0.5, 0.6) is 5.75 Å². The first-order valence-corrected chi connectivity index (χ1v) is 13.0. The highest BCUT2D eigenvalue weighted by Gasteiger charge is 2.64. The van der Waals surface area contributed by atoms with Gasteiger partial charge in [0.25, 0.3) is 11.5 Å².